The molecule has 0 saturated heterocycles. The fraction of sp³-hybridized carbons (Fsp3) is 0.125. The van der Waals surface area contributed by atoms with Gasteiger partial charge in [-0.3, -0.25) is 9.59 Å². The zero-order chi connectivity index (χ0) is 15.2. The monoisotopic (exact) mass is 346 g/mol. The smallest absolute Gasteiger partial charge is 0.313 e. The van der Waals surface area contributed by atoms with Gasteiger partial charge in [0, 0.05) is 16.7 Å². The van der Waals surface area contributed by atoms with E-state index in [0.29, 0.717) is 12.2 Å². The highest BCUT2D eigenvalue weighted by Crippen LogP contribution is 2.20. The molecule has 0 aromatic heterocycles. The van der Waals surface area contributed by atoms with Crippen LogP contribution >= 0.6 is 15.9 Å². The summed E-state index contributed by atoms with van der Waals surface area (Å²) in [6.07, 6.45) is 0. The van der Waals surface area contributed by atoms with Crippen LogP contribution in [-0.2, 0) is 16.1 Å². The lowest BCUT2D eigenvalue weighted by atomic mass is 10.2. The SMILES string of the molecule is Cc1ccc(NC(=O)C(=O)NCc2ccccc2)cc1Br. The molecular weight excluding hydrogens is 332 g/mol. The number of hydrogen-bond donors (Lipinski definition) is 2. The molecule has 108 valence electrons. The van der Waals surface area contributed by atoms with E-state index in [0.717, 1.165) is 15.6 Å². The Morgan fingerprint density at radius 1 is 1.05 bits per heavy atom. The van der Waals surface area contributed by atoms with Crippen molar-refractivity contribution in [1.82, 2.24) is 5.32 Å². The third kappa shape index (κ3) is 4.43. The Kier molecular flexibility index (Phi) is 5.11. The van der Waals surface area contributed by atoms with Crippen molar-refractivity contribution in [2.24, 2.45) is 0 Å². The average molecular weight is 347 g/mol. The molecule has 0 heterocycles. The number of carbonyl (C=O) groups excluding carboxylic acids is 2. The van der Waals surface area contributed by atoms with Crippen LogP contribution in [-0.4, -0.2) is 11.8 Å². The van der Waals surface area contributed by atoms with E-state index >= 15 is 0 Å². The predicted octanol–water partition coefficient (Wildman–Crippen LogP) is 3.01. The van der Waals surface area contributed by atoms with Crippen LogP contribution in [0.15, 0.2) is 53.0 Å². The van der Waals surface area contributed by atoms with Gasteiger partial charge in [0.25, 0.3) is 0 Å². The molecule has 2 rings (SSSR count). The van der Waals surface area contributed by atoms with Crippen LogP contribution in [0.25, 0.3) is 0 Å². The van der Waals surface area contributed by atoms with Gasteiger partial charge in [0.2, 0.25) is 0 Å². The lowest BCUT2D eigenvalue weighted by molar-refractivity contribution is -0.136. The van der Waals surface area contributed by atoms with E-state index in [1.807, 2.05) is 43.3 Å². The quantitative estimate of drug-likeness (QED) is 0.839. The van der Waals surface area contributed by atoms with Crippen molar-refractivity contribution < 1.29 is 9.59 Å². The highest BCUT2D eigenvalue weighted by atomic mass is 79.9. The van der Waals surface area contributed by atoms with E-state index < -0.39 is 11.8 Å². The highest BCUT2D eigenvalue weighted by molar-refractivity contribution is 9.10. The summed E-state index contributed by atoms with van der Waals surface area (Å²) < 4.78 is 0.880. The molecule has 2 aromatic rings. The van der Waals surface area contributed by atoms with Crippen LogP contribution in [0.2, 0.25) is 0 Å². The van der Waals surface area contributed by atoms with Gasteiger partial charge in [-0.25, -0.2) is 0 Å². The number of rotatable bonds is 3. The predicted molar refractivity (Wildman–Crippen MR) is 85.8 cm³/mol. The number of hydrogen-bond acceptors (Lipinski definition) is 2. The van der Waals surface area contributed by atoms with E-state index in [2.05, 4.69) is 26.6 Å². The van der Waals surface area contributed by atoms with Crippen molar-refractivity contribution in [2.45, 2.75) is 13.5 Å². The largest absolute Gasteiger partial charge is 0.344 e. The maximum absolute atomic E-state index is 11.8. The van der Waals surface area contributed by atoms with Crippen LogP contribution in [0.4, 0.5) is 5.69 Å². The lowest BCUT2D eigenvalue weighted by Crippen LogP contribution is -2.34. The third-order valence-electron chi connectivity index (χ3n) is 2.93. The summed E-state index contributed by atoms with van der Waals surface area (Å²) in [5.41, 5.74) is 2.57. The Labute approximate surface area is 131 Å². The molecule has 2 N–H and O–H groups in total. The molecule has 2 amide bonds. The number of benzene rings is 2. The topological polar surface area (TPSA) is 58.2 Å². The number of carbonyl (C=O) groups is 2. The maximum Gasteiger partial charge on any atom is 0.313 e. The molecule has 4 nitrogen and oxygen atoms in total. The molecule has 0 bridgehead atoms. The summed E-state index contributed by atoms with van der Waals surface area (Å²) in [4.78, 5) is 23.5. The van der Waals surface area contributed by atoms with E-state index in [1.54, 1.807) is 12.1 Å². The summed E-state index contributed by atoms with van der Waals surface area (Å²) in [5.74, 6) is -1.34. The summed E-state index contributed by atoms with van der Waals surface area (Å²) in [5, 5.41) is 5.15. The minimum atomic E-state index is -0.679. The molecule has 21 heavy (non-hydrogen) atoms. The van der Waals surface area contributed by atoms with E-state index in [9.17, 15) is 9.59 Å². The van der Waals surface area contributed by atoms with Gasteiger partial charge in [0.1, 0.15) is 0 Å². The van der Waals surface area contributed by atoms with Crippen molar-refractivity contribution in [3.05, 3.63) is 64.1 Å². The molecule has 0 fully saturated rings. The fourth-order valence-corrected chi connectivity index (χ4v) is 2.10. The number of amides is 2. The van der Waals surface area contributed by atoms with Gasteiger partial charge in [-0.05, 0) is 30.2 Å². The van der Waals surface area contributed by atoms with Crippen LogP contribution in [0, 0.1) is 6.92 Å². The molecule has 0 radical (unpaired) electrons. The van der Waals surface area contributed by atoms with Gasteiger partial charge < -0.3 is 10.6 Å². The number of anilines is 1. The van der Waals surface area contributed by atoms with Gasteiger partial charge >= 0.3 is 11.8 Å². The van der Waals surface area contributed by atoms with Gasteiger partial charge in [-0.15, -0.1) is 0 Å². The second-order valence-corrected chi connectivity index (χ2v) is 5.44. The van der Waals surface area contributed by atoms with E-state index in [1.165, 1.54) is 0 Å². The molecule has 0 unspecified atom stereocenters. The standard InChI is InChI=1S/C16H15BrN2O2/c1-11-7-8-13(9-14(11)17)19-16(21)15(20)18-10-12-5-3-2-4-6-12/h2-9H,10H2,1H3,(H,18,20)(H,19,21). The maximum atomic E-state index is 11.8. The minimum absolute atomic E-state index is 0.324. The van der Waals surface area contributed by atoms with Gasteiger partial charge in [-0.1, -0.05) is 52.3 Å². The zero-order valence-corrected chi connectivity index (χ0v) is 13.1. The first-order valence-corrected chi connectivity index (χ1v) is 7.25. The first kappa shape index (κ1) is 15.3. The Hall–Kier alpha value is -2.14. The third-order valence-corrected chi connectivity index (χ3v) is 3.79. The first-order valence-electron chi connectivity index (χ1n) is 6.45. The first-order chi connectivity index (χ1) is 10.1. The van der Waals surface area contributed by atoms with Crippen molar-refractivity contribution >= 4 is 33.4 Å². The van der Waals surface area contributed by atoms with E-state index in [-0.39, 0.29) is 0 Å². The molecule has 0 atom stereocenters. The van der Waals surface area contributed by atoms with E-state index in [4.69, 9.17) is 0 Å². The Bertz CT molecular complexity index is 657. The summed E-state index contributed by atoms with van der Waals surface area (Å²) >= 11 is 3.38. The van der Waals surface area contributed by atoms with Gasteiger partial charge in [-0.2, -0.15) is 0 Å². The van der Waals surface area contributed by atoms with Crippen molar-refractivity contribution in [3.8, 4) is 0 Å². The normalized spacial score (nSPS) is 10.0. The molecule has 0 spiro atoms. The Morgan fingerprint density at radius 2 is 1.76 bits per heavy atom. The lowest BCUT2D eigenvalue weighted by Gasteiger charge is -2.08. The molecule has 5 heteroatoms. The van der Waals surface area contributed by atoms with Gasteiger partial charge in [0.15, 0.2) is 0 Å². The second-order valence-electron chi connectivity index (χ2n) is 4.59. The Balaban J connectivity index is 1.90. The molecule has 0 aliphatic heterocycles. The van der Waals surface area contributed by atoms with Crippen molar-refractivity contribution in [1.29, 1.82) is 0 Å². The number of nitrogens with one attached hydrogen (secondary N) is 2. The molecule has 0 aliphatic rings. The van der Waals surface area contributed by atoms with Crippen molar-refractivity contribution in [2.75, 3.05) is 5.32 Å². The molecule has 0 saturated carbocycles. The number of aryl methyl sites for hydroxylation is 1. The minimum Gasteiger partial charge on any atom is -0.344 e. The Morgan fingerprint density at radius 3 is 2.43 bits per heavy atom. The van der Waals surface area contributed by atoms with Crippen LogP contribution in [0.3, 0.4) is 0 Å². The van der Waals surface area contributed by atoms with Crippen LogP contribution < -0.4 is 10.6 Å². The zero-order valence-electron chi connectivity index (χ0n) is 11.5. The van der Waals surface area contributed by atoms with Crippen LogP contribution in [0.5, 0.6) is 0 Å². The molecule has 2 aromatic carbocycles. The molecular formula is C16H15BrN2O2. The summed E-state index contributed by atoms with van der Waals surface area (Å²) in [6.45, 7) is 2.27. The number of halogens is 1. The second kappa shape index (κ2) is 7.04. The average Bonchev–Trinajstić information content (AvgIpc) is 2.49. The summed E-state index contributed by atoms with van der Waals surface area (Å²) in [7, 11) is 0. The van der Waals surface area contributed by atoms with Crippen molar-refractivity contribution in [3.63, 3.8) is 0 Å². The fourth-order valence-electron chi connectivity index (χ4n) is 1.72. The van der Waals surface area contributed by atoms with Gasteiger partial charge in [0.05, 0.1) is 0 Å². The summed E-state index contributed by atoms with van der Waals surface area (Å²) in [6, 6.07) is 14.8. The molecule has 0 aliphatic carbocycles. The highest BCUT2D eigenvalue weighted by Gasteiger charge is 2.13. The van der Waals surface area contributed by atoms with Crippen LogP contribution in [0.1, 0.15) is 11.1 Å².